The molecule has 1 N–H and O–H groups in total. The highest BCUT2D eigenvalue weighted by Gasteiger charge is 2.49. The highest BCUT2D eigenvalue weighted by atomic mass is 16.2. The lowest BCUT2D eigenvalue weighted by atomic mass is 9.92. The van der Waals surface area contributed by atoms with Crippen LogP contribution in [0.1, 0.15) is 26.3 Å². The highest BCUT2D eigenvalue weighted by molar-refractivity contribution is 6.07. The van der Waals surface area contributed by atoms with Crippen LogP contribution in [0.4, 0.5) is 4.79 Å². The Kier molecular flexibility index (Phi) is 2.65. The van der Waals surface area contributed by atoms with Crippen LogP contribution in [0.2, 0.25) is 0 Å². The Hall–Kier alpha value is -1.84. The van der Waals surface area contributed by atoms with Gasteiger partial charge in [0.15, 0.2) is 0 Å². The van der Waals surface area contributed by atoms with E-state index in [-0.39, 0.29) is 18.0 Å². The van der Waals surface area contributed by atoms with Crippen LogP contribution < -0.4 is 5.32 Å². The van der Waals surface area contributed by atoms with E-state index in [0.29, 0.717) is 0 Å². The summed E-state index contributed by atoms with van der Waals surface area (Å²) in [7, 11) is 0. The van der Waals surface area contributed by atoms with Gasteiger partial charge < -0.3 is 5.32 Å². The van der Waals surface area contributed by atoms with Crippen molar-refractivity contribution in [1.29, 1.82) is 0 Å². The summed E-state index contributed by atoms with van der Waals surface area (Å²) < 4.78 is 0. The van der Waals surface area contributed by atoms with E-state index in [2.05, 4.69) is 5.32 Å². The summed E-state index contributed by atoms with van der Waals surface area (Å²) in [4.78, 5) is 25.4. The molecule has 0 aliphatic carbocycles. The monoisotopic (exact) mass is 232 g/mol. The lowest BCUT2D eigenvalue weighted by molar-refractivity contribution is -0.132. The first-order valence-corrected chi connectivity index (χ1v) is 5.68. The Morgan fingerprint density at radius 1 is 1.18 bits per heavy atom. The largest absolute Gasteiger partial charge is 0.325 e. The minimum Gasteiger partial charge on any atom is -0.319 e. The summed E-state index contributed by atoms with van der Waals surface area (Å²) in [6.45, 7) is 5.40. The molecule has 0 bridgehead atoms. The molecule has 4 heteroatoms. The molecule has 1 aromatic carbocycles. The molecule has 90 valence electrons. The molecule has 0 aromatic heterocycles. The number of benzene rings is 1. The molecule has 1 aliphatic rings. The second-order valence-corrected chi connectivity index (χ2v) is 4.69. The van der Waals surface area contributed by atoms with Crippen LogP contribution in [0.3, 0.4) is 0 Å². The van der Waals surface area contributed by atoms with Crippen molar-refractivity contribution < 1.29 is 9.59 Å². The third kappa shape index (κ3) is 1.69. The summed E-state index contributed by atoms with van der Waals surface area (Å²) in [5, 5.41) is 2.77. The van der Waals surface area contributed by atoms with Crippen LogP contribution in [0.25, 0.3) is 0 Å². The summed E-state index contributed by atoms with van der Waals surface area (Å²) >= 11 is 0. The average Bonchev–Trinajstić information content (AvgIpc) is 2.52. The van der Waals surface area contributed by atoms with Gasteiger partial charge in [-0.25, -0.2) is 4.79 Å². The van der Waals surface area contributed by atoms with Gasteiger partial charge in [-0.1, -0.05) is 30.3 Å². The smallest absolute Gasteiger partial charge is 0.319 e. The van der Waals surface area contributed by atoms with E-state index in [1.807, 2.05) is 44.2 Å². The quantitative estimate of drug-likeness (QED) is 0.791. The van der Waals surface area contributed by atoms with E-state index in [4.69, 9.17) is 0 Å². The molecule has 3 amide bonds. The van der Waals surface area contributed by atoms with Crippen molar-refractivity contribution in [2.24, 2.45) is 0 Å². The number of nitrogens with one attached hydrogen (secondary N) is 1. The van der Waals surface area contributed by atoms with Gasteiger partial charge in [0.25, 0.3) is 5.91 Å². The van der Waals surface area contributed by atoms with Crippen molar-refractivity contribution in [3.8, 4) is 0 Å². The molecule has 1 fully saturated rings. The van der Waals surface area contributed by atoms with Crippen molar-refractivity contribution in [3.63, 3.8) is 0 Å². The molecule has 1 saturated heterocycles. The molecule has 17 heavy (non-hydrogen) atoms. The average molecular weight is 232 g/mol. The van der Waals surface area contributed by atoms with E-state index >= 15 is 0 Å². The minimum atomic E-state index is -0.942. The molecule has 1 aromatic rings. The van der Waals surface area contributed by atoms with Crippen molar-refractivity contribution in [2.45, 2.75) is 32.4 Å². The molecule has 1 aliphatic heterocycles. The fourth-order valence-electron chi connectivity index (χ4n) is 2.10. The zero-order valence-corrected chi connectivity index (χ0v) is 10.2. The van der Waals surface area contributed by atoms with Crippen LogP contribution in [-0.2, 0) is 10.3 Å². The van der Waals surface area contributed by atoms with E-state index < -0.39 is 5.54 Å². The number of hydrogen-bond donors (Lipinski definition) is 1. The van der Waals surface area contributed by atoms with Gasteiger partial charge in [-0.15, -0.1) is 0 Å². The third-order valence-corrected chi connectivity index (χ3v) is 3.09. The maximum atomic E-state index is 12.3. The Bertz CT molecular complexity index is 456. The van der Waals surface area contributed by atoms with E-state index in [0.717, 1.165) is 5.56 Å². The number of nitrogens with zero attached hydrogens (tertiary/aromatic N) is 1. The number of carbonyl (C=O) groups excluding carboxylic acids is 2. The Morgan fingerprint density at radius 3 is 2.24 bits per heavy atom. The van der Waals surface area contributed by atoms with Crippen molar-refractivity contribution >= 4 is 11.9 Å². The Morgan fingerprint density at radius 2 is 1.76 bits per heavy atom. The van der Waals surface area contributed by atoms with E-state index in [1.54, 1.807) is 6.92 Å². The summed E-state index contributed by atoms with van der Waals surface area (Å²) in [6, 6.07) is 8.85. The molecule has 1 heterocycles. The molecule has 0 spiro atoms. The van der Waals surface area contributed by atoms with Crippen molar-refractivity contribution in [2.75, 3.05) is 0 Å². The molecular weight excluding hydrogens is 216 g/mol. The van der Waals surface area contributed by atoms with Crippen LogP contribution in [-0.4, -0.2) is 22.9 Å². The first-order chi connectivity index (χ1) is 7.97. The number of rotatable bonds is 2. The van der Waals surface area contributed by atoms with Crippen LogP contribution in [0.15, 0.2) is 30.3 Å². The minimum absolute atomic E-state index is 0.131. The number of urea groups is 1. The summed E-state index contributed by atoms with van der Waals surface area (Å²) in [5.74, 6) is -0.191. The normalized spacial score (nSPS) is 24.4. The fourth-order valence-corrected chi connectivity index (χ4v) is 2.10. The summed E-state index contributed by atoms with van der Waals surface area (Å²) in [6.07, 6.45) is 0. The van der Waals surface area contributed by atoms with E-state index in [9.17, 15) is 9.59 Å². The highest BCUT2D eigenvalue weighted by Crippen LogP contribution is 2.29. The lowest BCUT2D eigenvalue weighted by Crippen LogP contribution is -2.41. The maximum Gasteiger partial charge on any atom is 0.325 e. The van der Waals surface area contributed by atoms with Gasteiger partial charge in [0.2, 0.25) is 0 Å². The second-order valence-electron chi connectivity index (χ2n) is 4.69. The van der Waals surface area contributed by atoms with Gasteiger partial charge in [0.1, 0.15) is 5.54 Å². The zero-order valence-electron chi connectivity index (χ0n) is 10.2. The SMILES string of the molecule is CC(C)N1C(=O)N[C@](C)(c2ccccc2)C1=O. The molecule has 4 nitrogen and oxygen atoms in total. The predicted octanol–water partition coefficient (Wildman–Crippen LogP) is 1.86. The van der Waals surface area contributed by atoms with Gasteiger partial charge in [0.05, 0.1) is 0 Å². The number of hydrogen-bond acceptors (Lipinski definition) is 2. The number of carbonyl (C=O) groups is 2. The number of amides is 3. The summed E-state index contributed by atoms with van der Waals surface area (Å²) in [5.41, 5.74) is -0.135. The Labute approximate surface area is 101 Å². The van der Waals surface area contributed by atoms with Gasteiger partial charge in [-0.2, -0.15) is 0 Å². The van der Waals surface area contributed by atoms with Gasteiger partial charge in [-0.05, 0) is 26.3 Å². The molecular formula is C13H16N2O2. The van der Waals surface area contributed by atoms with Crippen molar-refractivity contribution in [1.82, 2.24) is 10.2 Å². The molecule has 0 radical (unpaired) electrons. The molecule has 1 atom stereocenters. The first-order valence-electron chi connectivity index (χ1n) is 5.68. The van der Waals surface area contributed by atoms with Crippen molar-refractivity contribution in [3.05, 3.63) is 35.9 Å². The van der Waals surface area contributed by atoms with Gasteiger partial charge >= 0.3 is 6.03 Å². The van der Waals surface area contributed by atoms with Crippen LogP contribution in [0.5, 0.6) is 0 Å². The van der Waals surface area contributed by atoms with Crippen LogP contribution in [0, 0.1) is 0 Å². The van der Waals surface area contributed by atoms with Crippen LogP contribution >= 0.6 is 0 Å². The molecule has 0 unspecified atom stereocenters. The fraction of sp³-hybridized carbons (Fsp3) is 0.385. The third-order valence-electron chi connectivity index (χ3n) is 3.09. The Balaban J connectivity index is 2.42. The van der Waals surface area contributed by atoms with E-state index in [1.165, 1.54) is 4.90 Å². The topological polar surface area (TPSA) is 49.4 Å². The number of imide groups is 1. The molecule has 2 rings (SSSR count). The molecule has 0 saturated carbocycles. The maximum absolute atomic E-state index is 12.3. The zero-order chi connectivity index (χ0) is 12.6. The predicted molar refractivity (Wildman–Crippen MR) is 64.3 cm³/mol. The lowest BCUT2D eigenvalue weighted by Gasteiger charge is -2.23. The van der Waals surface area contributed by atoms with Gasteiger partial charge in [-0.3, -0.25) is 9.69 Å². The first kappa shape index (κ1) is 11.6. The second kappa shape index (κ2) is 3.87. The standard InChI is InChI=1S/C13H16N2O2/c1-9(2)15-11(16)13(3,14-12(15)17)10-7-5-4-6-8-10/h4-9H,1-3H3,(H,14,17)/t13-/m1/s1. The van der Waals surface area contributed by atoms with Gasteiger partial charge in [0, 0.05) is 6.04 Å².